The molecule has 0 unspecified atom stereocenters. The molecule has 0 aliphatic heterocycles. The number of aromatic hydroxyl groups is 1. The predicted octanol–water partition coefficient (Wildman–Crippen LogP) is 0.950. The summed E-state index contributed by atoms with van der Waals surface area (Å²) in [5.74, 6) is -0.0903. The van der Waals surface area contributed by atoms with Gasteiger partial charge in [0.05, 0.1) is 6.20 Å². The van der Waals surface area contributed by atoms with E-state index < -0.39 is 0 Å². The first kappa shape index (κ1) is 10.0. The van der Waals surface area contributed by atoms with Crippen molar-refractivity contribution in [3.8, 4) is 5.75 Å². The number of nitrogens with one attached hydrogen (secondary N) is 2. The van der Waals surface area contributed by atoms with Gasteiger partial charge in [-0.3, -0.25) is 9.89 Å². The first-order valence-electron chi connectivity index (χ1n) is 4.56. The van der Waals surface area contributed by atoms with Crippen molar-refractivity contribution in [1.29, 1.82) is 0 Å². The maximum absolute atomic E-state index is 11.7. The van der Waals surface area contributed by atoms with Crippen LogP contribution >= 0.6 is 0 Å². The van der Waals surface area contributed by atoms with Gasteiger partial charge in [-0.05, 0) is 12.1 Å². The Morgan fingerprint density at radius 1 is 1.50 bits per heavy atom. The second kappa shape index (κ2) is 3.93. The number of hydrogen-bond donors (Lipinski definition) is 4. The van der Waals surface area contributed by atoms with Gasteiger partial charge < -0.3 is 16.2 Å². The van der Waals surface area contributed by atoms with E-state index in [4.69, 9.17) is 5.73 Å². The van der Waals surface area contributed by atoms with Crippen molar-refractivity contribution in [3.63, 3.8) is 0 Å². The van der Waals surface area contributed by atoms with Crippen LogP contribution in [0.15, 0.2) is 30.5 Å². The number of nitrogens with zero attached hydrogens (tertiary/aromatic N) is 1. The molecular weight excluding hydrogens is 208 g/mol. The third kappa shape index (κ3) is 1.95. The number of anilines is 2. The summed E-state index contributed by atoms with van der Waals surface area (Å²) in [5.41, 5.74) is 6.26. The average molecular weight is 218 g/mol. The van der Waals surface area contributed by atoms with Crippen LogP contribution in [0.4, 0.5) is 11.5 Å². The molecule has 16 heavy (non-hydrogen) atoms. The molecule has 2 rings (SSSR count). The summed E-state index contributed by atoms with van der Waals surface area (Å²) in [5, 5.41) is 17.9. The number of hydrogen-bond acceptors (Lipinski definition) is 4. The second-order valence-electron chi connectivity index (χ2n) is 3.20. The highest BCUT2D eigenvalue weighted by atomic mass is 16.3. The van der Waals surface area contributed by atoms with Crippen molar-refractivity contribution in [2.24, 2.45) is 0 Å². The van der Waals surface area contributed by atoms with Gasteiger partial charge in [-0.2, -0.15) is 5.10 Å². The third-order valence-electron chi connectivity index (χ3n) is 2.02. The minimum absolute atomic E-state index is 0.0814. The van der Waals surface area contributed by atoms with Crippen molar-refractivity contribution in [1.82, 2.24) is 10.2 Å². The van der Waals surface area contributed by atoms with E-state index in [0.717, 1.165) is 0 Å². The van der Waals surface area contributed by atoms with Crippen LogP contribution < -0.4 is 11.1 Å². The van der Waals surface area contributed by atoms with Crippen molar-refractivity contribution in [3.05, 3.63) is 36.0 Å². The number of aromatic nitrogens is 2. The molecule has 6 heteroatoms. The van der Waals surface area contributed by atoms with Gasteiger partial charge in [0.2, 0.25) is 0 Å². The van der Waals surface area contributed by atoms with Crippen molar-refractivity contribution < 1.29 is 9.90 Å². The number of carbonyl (C=O) groups is 1. The Balaban J connectivity index is 2.17. The van der Waals surface area contributed by atoms with Gasteiger partial charge in [-0.1, -0.05) is 6.07 Å². The lowest BCUT2D eigenvalue weighted by atomic mass is 10.2. The Bertz CT molecular complexity index is 521. The minimum atomic E-state index is -0.378. The van der Waals surface area contributed by atoms with E-state index in [2.05, 4.69) is 15.5 Å². The molecule has 0 spiro atoms. The Labute approximate surface area is 91.1 Å². The number of phenolic OH excluding ortho intramolecular Hbond substituents is 1. The van der Waals surface area contributed by atoms with Gasteiger partial charge >= 0.3 is 0 Å². The number of phenols is 1. The number of nitrogen functional groups attached to an aromatic ring is 1. The van der Waals surface area contributed by atoms with Gasteiger partial charge in [0, 0.05) is 11.8 Å². The van der Waals surface area contributed by atoms with E-state index in [0.29, 0.717) is 5.69 Å². The molecule has 6 nitrogen and oxygen atoms in total. The van der Waals surface area contributed by atoms with Crippen LogP contribution in [0.2, 0.25) is 0 Å². The van der Waals surface area contributed by atoms with Crippen LogP contribution in [0.5, 0.6) is 5.75 Å². The molecule has 1 heterocycles. The monoisotopic (exact) mass is 218 g/mol. The van der Waals surface area contributed by atoms with E-state index >= 15 is 0 Å². The minimum Gasteiger partial charge on any atom is -0.508 e. The van der Waals surface area contributed by atoms with Crippen molar-refractivity contribution in [2.75, 3.05) is 11.1 Å². The fourth-order valence-electron chi connectivity index (χ4n) is 1.26. The van der Waals surface area contributed by atoms with Crippen LogP contribution in [0.3, 0.4) is 0 Å². The van der Waals surface area contributed by atoms with Gasteiger partial charge in [-0.15, -0.1) is 0 Å². The molecule has 5 N–H and O–H groups in total. The molecule has 0 saturated carbocycles. The SMILES string of the molecule is Nc1[nH]ncc1C(=O)Nc1cccc(O)c1. The lowest BCUT2D eigenvalue weighted by Crippen LogP contribution is -2.12. The second-order valence-corrected chi connectivity index (χ2v) is 3.20. The summed E-state index contributed by atoms with van der Waals surface area (Å²) in [4.78, 5) is 11.7. The number of amides is 1. The number of nitrogens with two attached hydrogens (primary N) is 1. The lowest BCUT2D eigenvalue weighted by molar-refractivity contribution is 0.102. The smallest absolute Gasteiger partial charge is 0.261 e. The summed E-state index contributed by atoms with van der Waals surface area (Å²) in [6.45, 7) is 0. The maximum Gasteiger partial charge on any atom is 0.261 e. The Morgan fingerprint density at radius 2 is 2.31 bits per heavy atom. The molecular formula is C10H10N4O2. The van der Waals surface area contributed by atoms with E-state index in [1.807, 2.05) is 0 Å². The quantitative estimate of drug-likeness (QED) is 0.602. The van der Waals surface area contributed by atoms with Crippen LogP contribution in [-0.4, -0.2) is 21.2 Å². The van der Waals surface area contributed by atoms with Crippen LogP contribution in [0.1, 0.15) is 10.4 Å². The zero-order valence-corrected chi connectivity index (χ0v) is 8.27. The normalized spacial score (nSPS) is 10.0. The maximum atomic E-state index is 11.7. The zero-order chi connectivity index (χ0) is 11.5. The summed E-state index contributed by atoms with van der Waals surface area (Å²) >= 11 is 0. The molecule has 1 aromatic carbocycles. The first-order valence-corrected chi connectivity index (χ1v) is 4.56. The fraction of sp³-hybridized carbons (Fsp3) is 0. The number of benzene rings is 1. The van der Waals surface area contributed by atoms with E-state index in [9.17, 15) is 9.90 Å². The van der Waals surface area contributed by atoms with E-state index in [1.54, 1.807) is 12.1 Å². The molecule has 0 atom stereocenters. The molecule has 0 radical (unpaired) electrons. The van der Waals surface area contributed by atoms with Gasteiger partial charge in [0.25, 0.3) is 5.91 Å². The highest BCUT2D eigenvalue weighted by molar-refractivity contribution is 6.07. The summed E-state index contributed by atoms with van der Waals surface area (Å²) in [7, 11) is 0. The first-order chi connectivity index (χ1) is 7.66. The topological polar surface area (TPSA) is 104 Å². The number of carbonyl (C=O) groups excluding carboxylic acids is 1. The summed E-state index contributed by atoms with van der Waals surface area (Å²) < 4.78 is 0. The molecule has 2 aromatic rings. The highest BCUT2D eigenvalue weighted by Crippen LogP contribution is 2.17. The molecule has 0 aliphatic rings. The molecule has 1 amide bonds. The predicted molar refractivity (Wildman–Crippen MR) is 59.1 cm³/mol. The Hall–Kier alpha value is -2.50. The van der Waals surface area contributed by atoms with E-state index in [-0.39, 0.29) is 23.0 Å². The largest absolute Gasteiger partial charge is 0.508 e. The number of aromatic amines is 1. The van der Waals surface area contributed by atoms with Crippen molar-refractivity contribution in [2.45, 2.75) is 0 Å². The number of rotatable bonds is 2. The summed E-state index contributed by atoms with van der Waals surface area (Å²) in [6, 6.07) is 6.24. The lowest BCUT2D eigenvalue weighted by Gasteiger charge is -2.04. The van der Waals surface area contributed by atoms with Crippen molar-refractivity contribution >= 4 is 17.4 Å². The third-order valence-corrected chi connectivity index (χ3v) is 2.02. The van der Waals surface area contributed by atoms with Gasteiger partial charge in [-0.25, -0.2) is 0 Å². The summed E-state index contributed by atoms with van der Waals surface area (Å²) in [6.07, 6.45) is 1.34. The standard InChI is InChI=1S/C10H10N4O2/c11-9-8(5-12-14-9)10(16)13-6-2-1-3-7(15)4-6/h1-5,15H,(H,13,16)(H3,11,12,14). The Morgan fingerprint density at radius 3 is 2.94 bits per heavy atom. The zero-order valence-electron chi connectivity index (χ0n) is 8.27. The van der Waals surface area contributed by atoms with Crippen LogP contribution in [0.25, 0.3) is 0 Å². The average Bonchev–Trinajstić information content (AvgIpc) is 2.64. The molecule has 1 aromatic heterocycles. The molecule has 0 fully saturated rings. The van der Waals surface area contributed by atoms with E-state index in [1.165, 1.54) is 18.3 Å². The molecule has 0 bridgehead atoms. The Kier molecular flexibility index (Phi) is 2.47. The van der Waals surface area contributed by atoms with Gasteiger partial charge in [0.1, 0.15) is 17.1 Å². The molecule has 82 valence electrons. The van der Waals surface area contributed by atoms with Gasteiger partial charge in [0.15, 0.2) is 0 Å². The molecule has 0 aliphatic carbocycles. The molecule has 0 saturated heterocycles. The highest BCUT2D eigenvalue weighted by Gasteiger charge is 2.11. The number of H-pyrrole nitrogens is 1. The fourth-order valence-corrected chi connectivity index (χ4v) is 1.26. The van der Waals surface area contributed by atoms with Crippen LogP contribution in [-0.2, 0) is 0 Å². The van der Waals surface area contributed by atoms with Crippen LogP contribution in [0, 0.1) is 0 Å².